The fourth-order valence-electron chi connectivity index (χ4n) is 1.62. The molecule has 0 aliphatic heterocycles. The zero-order chi connectivity index (χ0) is 13.1. The maximum atomic E-state index is 13.6. The largest absolute Gasteiger partial charge is 0.299 e. The van der Waals surface area contributed by atoms with Gasteiger partial charge in [0.1, 0.15) is 23.8 Å². The number of aromatic nitrogens is 3. The molecule has 1 aromatic heterocycles. The summed E-state index contributed by atoms with van der Waals surface area (Å²) in [6.07, 6.45) is 1.50. The Kier molecular flexibility index (Phi) is 3.72. The molecule has 0 spiro atoms. The van der Waals surface area contributed by atoms with Gasteiger partial charge in [0, 0.05) is 13.5 Å². The van der Waals surface area contributed by atoms with Gasteiger partial charge in [-0.1, -0.05) is 23.7 Å². The predicted molar refractivity (Wildman–Crippen MR) is 64.8 cm³/mol. The third-order valence-electron chi connectivity index (χ3n) is 2.58. The molecule has 18 heavy (non-hydrogen) atoms. The van der Waals surface area contributed by atoms with Crippen LogP contribution in [0.3, 0.4) is 0 Å². The van der Waals surface area contributed by atoms with Gasteiger partial charge in [-0.05, 0) is 11.6 Å². The number of nitrogens with zero attached hydrogens (tertiary/aromatic N) is 3. The number of rotatable bonds is 4. The summed E-state index contributed by atoms with van der Waals surface area (Å²) >= 11 is 5.65. The first-order chi connectivity index (χ1) is 8.58. The molecule has 0 radical (unpaired) electrons. The van der Waals surface area contributed by atoms with Crippen molar-refractivity contribution < 1.29 is 9.18 Å². The van der Waals surface area contributed by atoms with E-state index in [1.54, 1.807) is 19.2 Å². The fraction of sp³-hybridized carbons (Fsp3) is 0.250. The molecule has 4 nitrogen and oxygen atoms in total. The van der Waals surface area contributed by atoms with E-state index in [-0.39, 0.29) is 23.6 Å². The van der Waals surface area contributed by atoms with E-state index in [0.717, 1.165) is 0 Å². The number of benzene rings is 1. The summed E-state index contributed by atoms with van der Waals surface area (Å²) in [6, 6.07) is 4.62. The van der Waals surface area contributed by atoms with Crippen molar-refractivity contribution in [3.05, 3.63) is 46.8 Å². The van der Waals surface area contributed by atoms with Crippen molar-refractivity contribution in [1.29, 1.82) is 0 Å². The summed E-state index contributed by atoms with van der Waals surface area (Å²) in [5.74, 6) is -0.111. The average Bonchev–Trinajstić information content (AvgIpc) is 2.71. The van der Waals surface area contributed by atoms with Crippen molar-refractivity contribution in [2.24, 2.45) is 7.05 Å². The summed E-state index contributed by atoms with van der Waals surface area (Å²) in [5.41, 5.74) is 0.301. The molecule has 0 saturated carbocycles. The standard InChI is InChI=1S/C12H11ClFN3O/c1-17-11(15-7-16-17)6-9(18)5-8-3-2-4-10(13)12(8)14/h2-4,7H,5-6H2,1H3. The first-order valence-corrected chi connectivity index (χ1v) is 5.73. The van der Waals surface area contributed by atoms with Crippen molar-refractivity contribution in [3.8, 4) is 0 Å². The van der Waals surface area contributed by atoms with Gasteiger partial charge in [-0.2, -0.15) is 5.10 Å². The number of Topliss-reactive ketones (excluding diaryl/α,β-unsaturated/α-hetero) is 1. The molecule has 0 aliphatic carbocycles. The molecule has 0 N–H and O–H groups in total. The molecule has 0 aliphatic rings. The molecule has 0 fully saturated rings. The lowest BCUT2D eigenvalue weighted by Crippen LogP contribution is -2.12. The maximum absolute atomic E-state index is 13.6. The topological polar surface area (TPSA) is 47.8 Å². The van der Waals surface area contributed by atoms with E-state index >= 15 is 0 Å². The Balaban J connectivity index is 2.08. The van der Waals surface area contributed by atoms with Crippen LogP contribution in [0.2, 0.25) is 5.02 Å². The molecule has 6 heteroatoms. The SMILES string of the molecule is Cn1ncnc1CC(=O)Cc1cccc(Cl)c1F. The van der Waals surface area contributed by atoms with Gasteiger partial charge in [0.25, 0.3) is 0 Å². The second kappa shape index (κ2) is 5.27. The lowest BCUT2D eigenvalue weighted by Gasteiger charge is -2.04. The molecule has 2 aromatic rings. The van der Waals surface area contributed by atoms with Crippen LogP contribution in [0.4, 0.5) is 4.39 Å². The Bertz CT molecular complexity index is 582. The van der Waals surface area contributed by atoms with Crippen LogP contribution in [-0.4, -0.2) is 20.5 Å². The summed E-state index contributed by atoms with van der Waals surface area (Å²) in [4.78, 5) is 15.8. The van der Waals surface area contributed by atoms with E-state index in [9.17, 15) is 9.18 Å². The minimum atomic E-state index is -0.537. The van der Waals surface area contributed by atoms with Gasteiger partial charge in [-0.3, -0.25) is 9.48 Å². The quantitative estimate of drug-likeness (QED) is 0.851. The molecule has 0 unspecified atom stereocenters. The van der Waals surface area contributed by atoms with Crippen molar-refractivity contribution >= 4 is 17.4 Å². The molecule has 0 saturated heterocycles. The molecule has 1 heterocycles. The molecule has 2 rings (SSSR count). The van der Waals surface area contributed by atoms with E-state index in [1.807, 2.05) is 0 Å². The molecular weight excluding hydrogens is 257 g/mol. The summed E-state index contributed by atoms with van der Waals surface area (Å²) in [5, 5.41) is 3.89. The van der Waals surface area contributed by atoms with Gasteiger partial charge >= 0.3 is 0 Å². The van der Waals surface area contributed by atoms with Crippen molar-refractivity contribution in [1.82, 2.24) is 14.8 Å². The third-order valence-corrected chi connectivity index (χ3v) is 2.87. The summed E-state index contributed by atoms with van der Waals surface area (Å²) < 4.78 is 15.1. The van der Waals surface area contributed by atoms with Crippen LogP contribution >= 0.6 is 11.6 Å². The van der Waals surface area contributed by atoms with E-state index < -0.39 is 5.82 Å². The first kappa shape index (κ1) is 12.7. The molecule has 0 atom stereocenters. The molecule has 0 amide bonds. The lowest BCUT2D eigenvalue weighted by atomic mass is 10.1. The van der Waals surface area contributed by atoms with E-state index in [1.165, 1.54) is 17.1 Å². The predicted octanol–water partition coefficient (Wildman–Crippen LogP) is 1.96. The Morgan fingerprint density at radius 2 is 2.22 bits per heavy atom. The van der Waals surface area contributed by atoms with Gasteiger partial charge in [-0.15, -0.1) is 0 Å². The number of aryl methyl sites for hydroxylation is 1. The lowest BCUT2D eigenvalue weighted by molar-refractivity contribution is -0.118. The zero-order valence-electron chi connectivity index (χ0n) is 9.73. The van der Waals surface area contributed by atoms with Crippen LogP contribution in [0.15, 0.2) is 24.5 Å². The van der Waals surface area contributed by atoms with Crippen molar-refractivity contribution in [2.75, 3.05) is 0 Å². The van der Waals surface area contributed by atoms with Crippen LogP contribution in [0, 0.1) is 5.82 Å². The van der Waals surface area contributed by atoms with Gasteiger partial charge < -0.3 is 0 Å². The average molecular weight is 268 g/mol. The highest BCUT2D eigenvalue weighted by Crippen LogP contribution is 2.18. The summed E-state index contributed by atoms with van der Waals surface area (Å²) in [6.45, 7) is 0. The van der Waals surface area contributed by atoms with Crippen molar-refractivity contribution in [2.45, 2.75) is 12.8 Å². The van der Waals surface area contributed by atoms with E-state index in [2.05, 4.69) is 10.1 Å². The van der Waals surface area contributed by atoms with Crippen molar-refractivity contribution in [3.63, 3.8) is 0 Å². The zero-order valence-corrected chi connectivity index (χ0v) is 10.5. The monoisotopic (exact) mass is 267 g/mol. The van der Waals surface area contributed by atoms with Crippen LogP contribution in [0.5, 0.6) is 0 Å². The minimum Gasteiger partial charge on any atom is -0.299 e. The smallest absolute Gasteiger partial charge is 0.145 e. The second-order valence-corrected chi connectivity index (χ2v) is 4.31. The Labute approximate surface area is 108 Å². The second-order valence-electron chi connectivity index (χ2n) is 3.91. The first-order valence-electron chi connectivity index (χ1n) is 5.35. The van der Waals surface area contributed by atoms with Gasteiger partial charge in [0.2, 0.25) is 0 Å². The number of carbonyl (C=O) groups excluding carboxylic acids is 1. The van der Waals surface area contributed by atoms with Gasteiger partial charge in [-0.25, -0.2) is 9.37 Å². The van der Waals surface area contributed by atoms with E-state index in [0.29, 0.717) is 11.4 Å². The number of hydrogen-bond acceptors (Lipinski definition) is 3. The number of halogens is 2. The normalized spacial score (nSPS) is 10.6. The highest BCUT2D eigenvalue weighted by Gasteiger charge is 2.13. The highest BCUT2D eigenvalue weighted by atomic mass is 35.5. The van der Waals surface area contributed by atoms with Crippen LogP contribution < -0.4 is 0 Å². The maximum Gasteiger partial charge on any atom is 0.145 e. The van der Waals surface area contributed by atoms with Crippen LogP contribution in [0.25, 0.3) is 0 Å². The minimum absolute atomic E-state index is 0.000741. The fourth-order valence-corrected chi connectivity index (χ4v) is 1.81. The van der Waals surface area contributed by atoms with E-state index in [4.69, 9.17) is 11.6 Å². The Hall–Kier alpha value is -1.75. The van der Waals surface area contributed by atoms with Crippen LogP contribution in [-0.2, 0) is 24.7 Å². The van der Waals surface area contributed by atoms with Crippen LogP contribution in [0.1, 0.15) is 11.4 Å². The molecule has 0 bridgehead atoms. The highest BCUT2D eigenvalue weighted by molar-refractivity contribution is 6.30. The Morgan fingerprint density at radius 1 is 1.44 bits per heavy atom. The number of ketones is 1. The van der Waals surface area contributed by atoms with Gasteiger partial charge in [0.15, 0.2) is 0 Å². The summed E-state index contributed by atoms with van der Waals surface area (Å²) in [7, 11) is 1.70. The molecule has 1 aromatic carbocycles. The number of hydrogen-bond donors (Lipinski definition) is 0. The Morgan fingerprint density at radius 3 is 2.89 bits per heavy atom. The molecular formula is C12H11ClFN3O. The number of carbonyl (C=O) groups is 1. The molecule has 94 valence electrons. The van der Waals surface area contributed by atoms with Gasteiger partial charge in [0.05, 0.1) is 11.4 Å². The third kappa shape index (κ3) is 2.73.